The van der Waals surface area contributed by atoms with E-state index in [4.69, 9.17) is 9.47 Å². The average molecular weight is 329 g/mol. The van der Waals surface area contributed by atoms with E-state index in [2.05, 4.69) is 0 Å². The third-order valence-corrected chi connectivity index (χ3v) is 4.45. The van der Waals surface area contributed by atoms with Gasteiger partial charge in [-0.3, -0.25) is 4.79 Å². The van der Waals surface area contributed by atoms with Gasteiger partial charge in [0, 0.05) is 19.0 Å². The summed E-state index contributed by atoms with van der Waals surface area (Å²) < 4.78 is 24.1. The minimum Gasteiger partial charge on any atom is -0.496 e. The first-order chi connectivity index (χ1) is 11.6. The number of halogens is 1. The number of methoxy groups -OCH3 is 2. The summed E-state index contributed by atoms with van der Waals surface area (Å²) in [5, 5.41) is 0. The Bertz CT molecular complexity index is 747. The van der Waals surface area contributed by atoms with Crippen LogP contribution in [-0.4, -0.2) is 38.1 Å². The van der Waals surface area contributed by atoms with Crippen LogP contribution in [0.15, 0.2) is 42.5 Å². The van der Waals surface area contributed by atoms with Gasteiger partial charge in [-0.1, -0.05) is 18.2 Å². The van der Waals surface area contributed by atoms with Crippen LogP contribution in [-0.2, 0) is 0 Å². The van der Waals surface area contributed by atoms with Gasteiger partial charge in [0.25, 0.3) is 5.91 Å². The molecule has 2 aromatic rings. The van der Waals surface area contributed by atoms with Crippen molar-refractivity contribution in [3.05, 3.63) is 59.4 Å². The maximum atomic E-state index is 13.5. The van der Waals surface area contributed by atoms with Gasteiger partial charge < -0.3 is 14.4 Å². The first-order valence-corrected chi connectivity index (χ1v) is 7.89. The highest BCUT2D eigenvalue weighted by Gasteiger charge is 2.30. The predicted octanol–water partition coefficient (Wildman–Crippen LogP) is 3.47. The van der Waals surface area contributed by atoms with Gasteiger partial charge in [-0.25, -0.2) is 4.39 Å². The van der Waals surface area contributed by atoms with Gasteiger partial charge in [-0.15, -0.1) is 0 Å². The number of carbonyl (C=O) groups excluding carboxylic acids is 1. The smallest absolute Gasteiger partial charge is 0.257 e. The topological polar surface area (TPSA) is 38.8 Å². The fourth-order valence-electron chi connectivity index (χ4n) is 3.22. The number of rotatable bonds is 4. The molecule has 0 aromatic heterocycles. The van der Waals surface area contributed by atoms with E-state index in [9.17, 15) is 9.18 Å². The fraction of sp³-hybridized carbons (Fsp3) is 0.316. The Balaban J connectivity index is 1.81. The average Bonchev–Trinajstić information content (AvgIpc) is 3.11. The molecule has 1 amide bonds. The lowest BCUT2D eigenvalue weighted by Gasteiger charge is -2.19. The van der Waals surface area contributed by atoms with Crippen molar-refractivity contribution in [3.8, 4) is 11.5 Å². The van der Waals surface area contributed by atoms with Crippen LogP contribution < -0.4 is 9.47 Å². The van der Waals surface area contributed by atoms with Crippen molar-refractivity contribution in [2.45, 2.75) is 12.3 Å². The zero-order chi connectivity index (χ0) is 17.1. The summed E-state index contributed by atoms with van der Waals surface area (Å²) in [7, 11) is 3.12. The second-order valence-electron chi connectivity index (χ2n) is 5.82. The molecule has 24 heavy (non-hydrogen) atoms. The van der Waals surface area contributed by atoms with E-state index in [0.29, 0.717) is 18.8 Å². The first kappa shape index (κ1) is 16.3. The Labute approximate surface area is 140 Å². The Morgan fingerprint density at radius 2 is 1.88 bits per heavy atom. The van der Waals surface area contributed by atoms with Crippen molar-refractivity contribution in [2.24, 2.45) is 0 Å². The van der Waals surface area contributed by atoms with Crippen LogP contribution in [0.3, 0.4) is 0 Å². The van der Waals surface area contributed by atoms with E-state index >= 15 is 0 Å². The number of carbonyl (C=O) groups is 1. The number of nitrogens with zero attached hydrogens (tertiary/aromatic N) is 1. The third kappa shape index (κ3) is 3.07. The van der Waals surface area contributed by atoms with E-state index < -0.39 is 5.82 Å². The Hall–Kier alpha value is -2.56. The largest absolute Gasteiger partial charge is 0.496 e. The van der Waals surface area contributed by atoms with E-state index in [1.54, 1.807) is 12.0 Å². The Morgan fingerprint density at radius 1 is 1.12 bits per heavy atom. The maximum absolute atomic E-state index is 13.5. The normalized spacial score (nSPS) is 17.0. The lowest BCUT2D eigenvalue weighted by molar-refractivity contribution is 0.0786. The van der Waals surface area contributed by atoms with Crippen molar-refractivity contribution in [1.29, 1.82) is 0 Å². The molecule has 126 valence electrons. The SMILES string of the molecule is COc1ccc(F)cc1C(=O)N1CCC(c2ccccc2OC)C1. The highest BCUT2D eigenvalue weighted by Crippen LogP contribution is 2.34. The van der Waals surface area contributed by atoms with Crippen molar-refractivity contribution >= 4 is 5.91 Å². The minimum absolute atomic E-state index is 0.205. The molecule has 2 aromatic carbocycles. The monoisotopic (exact) mass is 329 g/mol. The molecule has 1 saturated heterocycles. The van der Waals surface area contributed by atoms with Gasteiger partial charge in [0.1, 0.15) is 17.3 Å². The molecule has 5 heteroatoms. The standard InChI is InChI=1S/C19H20FNO3/c1-23-17-6-4-3-5-15(17)13-9-10-21(12-13)19(22)16-11-14(20)7-8-18(16)24-2/h3-8,11,13H,9-10,12H2,1-2H3. The summed E-state index contributed by atoms with van der Waals surface area (Å²) in [5.41, 5.74) is 1.36. The number of para-hydroxylation sites is 1. The zero-order valence-corrected chi connectivity index (χ0v) is 13.8. The molecule has 1 aliphatic heterocycles. The van der Waals surface area contributed by atoms with Crippen LogP contribution in [0.2, 0.25) is 0 Å². The third-order valence-electron chi connectivity index (χ3n) is 4.45. The lowest BCUT2D eigenvalue weighted by atomic mass is 9.97. The highest BCUT2D eigenvalue weighted by atomic mass is 19.1. The molecule has 0 aliphatic carbocycles. The number of benzene rings is 2. The molecule has 0 bridgehead atoms. The van der Waals surface area contributed by atoms with E-state index in [0.717, 1.165) is 17.7 Å². The van der Waals surface area contributed by atoms with E-state index in [1.807, 2.05) is 24.3 Å². The summed E-state index contributed by atoms with van der Waals surface area (Å²) >= 11 is 0. The maximum Gasteiger partial charge on any atom is 0.257 e. The Kier molecular flexibility index (Phi) is 4.69. The van der Waals surface area contributed by atoms with Gasteiger partial charge in [-0.2, -0.15) is 0 Å². The van der Waals surface area contributed by atoms with Crippen LogP contribution >= 0.6 is 0 Å². The second kappa shape index (κ2) is 6.91. The highest BCUT2D eigenvalue weighted by molar-refractivity contribution is 5.97. The number of hydrogen-bond donors (Lipinski definition) is 0. The van der Waals surface area contributed by atoms with Crippen LogP contribution in [0, 0.1) is 5.82 Å². The van der Waals surface area contributed by atoms with Crippen LogP contribution in [0.1, 0.15) is 28.3 Å². The van der Waals surface area contributed by atoms with Crippen molar-refractivity contribution in [2.75, 3.05) is 27.3 Å². The predicted molar refractivity (Wildman–Crippen MR) is 89.2 cm³/mol. The van der Waals surface area contributed by atoms with E-state index in [-0.39, 0.29) is 17.4 Å². The van der Waals surface area contributed by atoms with Crippen molar-refractivity contribution in [3.63, 3.8) is 0 Å². The summed E-state index contributed by atoms with van der Waals surface area (Å²) in [4.78, 5) is 14.5. The van der Waals surface area contributed by atoms with Gasteiger partial charge in [-0.05, 0) is 36.2 Å². The Morgan fingerprint density at radius 3 is 2.62 bits per heavy atom. The number of likely N-dealkylation sites (tertiary alicyclic amines) is 1. The van der Waals surface area contributed by atoms with E-state index in [1.165, 1.54) is 25.3 Å². The van der Waals surface area contributed by atoms with Gasteiger partial charge in [0.05, 0.1) is 19.8 Å². The van der Waals surface area contributed by atoms with Gasteiger partial charge >= 0.3 is 0 Å². The zero-order valence-electron chi connectivity index (χ0n) is 13.8. The number of hydrogen-bond acceptors (Lipinski definition) is 3. The van der Waals surface area contributed by atoms with Crippen LogP contribution in [0.25, 0.3) is 0 Å². The molecule has 1 fully saturated rings. The molecular weight excluding hydrogens is 309 g/mol. The van der Waals surface area contributed by atoms with Crippen molar-refractivity contribution < 1.29 is 18.7 Å². The number of ether oxygens (including phenoxy) is 2. The quantitative estimate of drug-likeness (QED) is 0.862. The van der Waals surface area contributed by atoms with Crippen LogP contribution in [0.4, 0.5) is 4.39 Å². The van der Waals surface area contributed by atoms with Crippen molar-refractivity contribution in [1.82, 2.24) is 4.90 Å². The molecular formula is C19H20FNO3. The molecule has 0 spiro atoms. The summed E-state index contributed by atoms with van der Waals surface area (Å²) in [6, 6.07) is 11.9. The molecule has 1 unspecified atom stereocenters. The lowest BCUT2D eigenvalue weighted by Crippen LogP contribution is -2.29. The molecule has 0 radical (unpaired) electrons. The number of amides is 1. The van der Waals surface area contributed by atoms with Gasteiger partial charge in [0.15, 0.2) is 0 Å². The summed E-state index contributed by atoms with van der Waals surface area (Å²) in [5.74, 6) is 0.787. The fourth-order valence-corrected chi connectivity index (χ4v) is 3.22. The summed E-state index contributed by atoms with van der Waals surface area (Å²) in [6.45, 7) is 1.21. The molecule has 3 rings (SSSR count). The summed E-state index contributed by atoms with van der Waals surface area (Å²) in [6.07, 6.45) is 0.851. The first-order valence-electron chi connectivity index (χ1n) is 7.89. The molecule has 1 heterocycles. The second-order valence-corrected chi connectivity index (χ2v) is 5.82. The molecule has 4 nitrogen and oxygen atoms in total. The van der Waals surface area contributed by atoms with Crippen LogP contribution in [0.5, 0.6) is 11.5 Å². The molecule has 0 saturated carbocycles. The molecule has 1 aliphatic rings. The molecule has 1 atom stereocenters. The molecule has 0 N–H and O–H groups in total. The minimum atomic E-state index is -0.445. The van der Waals surface area contributed by atoms with Gasteiger partial charge in [0.2, 0.25) is 0 Å².